The van der Waals surface area contributed by atoms with Crippen LogP contribution in [0.3, 0.4) is 0 Å². The quantitative estimate of drug-likeness (QED) is 0.644. The number of nitrogens with zero attached hydrogens (tertiary/aromatic N) is 1. The molecule has 3 rings (SSSR count). The molecule has 1 aromatic carbocycles. The molecule has 8 nitrogen and oxygen atoms in total. The van der Waals surface area contributed by atoms with Crippen LogP contribution in [0.5, 0.6) is 0 Å². The van der Waals surface area contributed by atoms with E-state index in [9.17, 15) is 18.0 Å². The van der Waals surface area contributed by atoms with Crippen molar-refractivity contribution in [2.24, 2.45) is 11.8 Å². The molecule has 0 radical (unpaired) electrons. The molecule has 31 heavy (non-hydrogen) atoms. The molecular weight excluding hydrogens is 418 g/mol. The summed E-state index contributed by atoms with van der Waals surface area (Å²) in [7, 11) is -3.56. The maximum atomic E-state index is 12.8. The van der Waals surface area contributed by atoms with Crippen LogP contribution in [0, 0.1) is 11.8 Å². The number of piperidine rings is 1. The van der Waals surface area contributed by atoms with E-state index in [4.69, 9.17) is 4.42 Å². The summed E-state index contributed by atoms with van der Waals surface area (Å²) in [6, 6.07) is 11.1. The van der Waals surface area contributed by atoms with Crippen molar-refractivity contribution in [2.45, 2.75) is 44.2 Å². The van der Waals surface area contributed by atoms with Crippen molar-refractivity contribution in [1.29, 1.82) is 0 Å². The monoisotopic (exact) mass is 447 g/mol. The number of carbonyl (C=O) groups excluding carboxylic acids is 2. The number of hydrogen-bond acceptors (Lipinski definition) is 5. The largest absolute Gasteiger partial charge is 0.467 e. The molecule has 0 spiro atoms. The van der Waals surface area contributed by atoms with Gasteiger partial charge in [-0.3, -0.25) is 9.59 Å². The fourth-order valence-electron chi connectivity index (χ4n) is 3.60. The van der Waals surface area contributed by atoms with Gasteiger partial charge in [-0.15, -0.1) is 0 Å². The molecule has 0 aliphatic carbocycles. The van der Waals surface area contributed by atoms with Crippen LogP contribution in [0.25, 0.3) is 0 Å². The highest BCUT2D eigenvalue weighted by Crippen LogP contribution is 2.24. The third-order valence-corrected chi connectivity index (χ3v) is 7.38. The van der Waals surface area contributed by atoms with Gasteiger partial charge >= 0.3 is 0 Å². The van der Waals surface area contributed by atoms with E-state index < -0.39 is 16.1 Å². The Labute approximate surface area is 183 Å². The van der Waals surface area contributed by atoms with E-state index in [1.807, 2.05) is 13.8 Å². The molecule has 0 bridgehead atoms. The Hall–Kier alpha value is -2.65. The number of hydrogen-bond donors (Lipinski definition) is 2. The zero-order valence-electron chi connectivity index (χ0n) is 17.8. The standard InChI is InChI=1S/C22H29N3O5S/c1-16(2)20(22(27)23-15-18-7-6-14-30-18)24-21(26)17-10-12-25(13-11-17)31(28,29)19-8-4-3-5-9-19/h3-9,14,16-17,20H,10-13,15H2,1-2H3,(H,23,27)(H,24,26)/t20-/m0/s1. The van der Waals surface area contributed by atoms with E-state index in [2.05, 4.69) is 10.6 Å². The van der Waals surface area contributed by atoms with Gasteiger partial charge < -0.3 is 15.1 Å². The molecule has 9 heteroatoms. The minimum atomic E-state index is -3.56. The van der Waals surface area contributed by atoms with E-state index >= 15 is 0 Å². The van der Waals surface area contributed by atoms with Gasteiger partial charge in [0.1, 0.15) is 11.8 Å². The molecule has 2 heterocycles. The summed E-state index contributed by atoms with van der Waals surface area (Å²) in [6.07, 6.45) is 2.36. The first-order valence-corrected chi connectivity index (χ1v) is 11.9. The number of amides is 2. The van der Waals surface area contributed by atoms with Crippen LogP contribution in [0.2, 0.25) is 0 Å². The summed E-state index contributed by atoms with van der Waals surface area (Å²) in [4.78, 5) is 25.6. The second-order valence-corrected chi connectivity index (χ2v) is 9.96. The van der Waals surface area contributed by atoms with Crippen molar-refractivity contribution >= 4 is 21.8 Å². The number of benzene rings is 1. The fourth-order valence-corrected chi connectivity index (χ4v) is 5.09. The Morgan fingerprint density at radius 1 is 1.10 bits per heavy atom. The molecule has 1 aliphatic rings. The third-order valence-electron chi connectivity index (χ3n) is 5.47. The Balaban J connectivity index is 1.54. The Morgan fingerprint density at radius 2 is 1.77 bits per heavy atom. The lowest BCUT2D eigenvalue weighted by molar-refractivity contribution is -0.132. The average molecular weight is 448 g/mol. The number of carbonyl (C=O) groups is 2. The first-order valence-electron chi connectivity index (χ1n) is 10.4. The molecule has 0 unspecified atom stereocenters. The maximum absolute atomic E-state index is 12.8. The third kappa shape index (κ3) is 5.74. The normalized spacial score (nSPS) is 16.7. The van der Waals surface area contributed by atoms with Gasteiger partial charge in [0.25, 0.3) is 0 Å². The minimum absolute atomic E-state index is 0.0981. The highest BCUT2D eigenvalue weighted by atomic mass is 32.2. The van der Waals surface area contributed by atoms with Crippen LogP contribution < -0.4 is 10.6 Å². The number of furan rings is 1. The van der Waals surface area contributed by atoms with Crippen LogP contribution in [-0.2, 0) is 26.2 Å². The van der Waals surface area contributed by atoms with Gasteiger partial charge in [-0.2, -0.15) is 4.31 Å². The van der Waals surface area contributed by atoms with E-state index in [0.717, 1.165) is 0 Å². The lowest BCUT2D eigenvalue weighted by atomic mass is 9.95. The molecule has 2 aromatic rings. The molecule has 2 amide bonds. The van der Waals surface area contributed by atoms with Crippen LogP contribution in [0.1, 0.15) is 32.4 Å². The zero-order valence-corrected chi connectivity index (χ0v) is 18.6. The molecule has 1 saturated heterocycles. The predicted molar refractivity (Wildman–Crippen MR) is 115 cm³/mol. The number of nitrogens with one attached hydrogen (secondary N) is 2. The second kappa shape index (κ2) is 10.1. The number of rotatable bonds is 8. The van der Waals surface area contributed by atoms with Crippen molar-refractivity contribution in [3.63, 3.8) is 0 Å². The Kier molecular flexibility index (Phi) is 7.50. The van der Waals surface area contributed by atoms with Crippen LogP contribution in [-0.4, -0.2) is 43.7 Å². The van der Waals surface area contributed by atoms with Crippen LogP contribution in [0.15, 0.2) is 58.0 Å². The van der Waals surface area contributed by atoms with Gasteiger partial charge in [-0.1, -0.05) is 32.0 Å². The molecule has 168 valence electrons. The van der Waals surface area contributed by atoms with Gasteiger partial charge in [0.2, 0.25) is 21.8 Å². The topological polar surface area (TPSA) is 109 Å². The average Bonchev–Trinajstić information content (AvgIpc) is 3.30. The lowest BCUT2D eigenvalue weighted by Gasteiger charge is -2.32. The van der Waals surface area contributed by atoms with Crippen LogP contribution in [0.4, 0.5) is 0 Å². The first-order chi connectivity index (χ1) is 14.8. The molecule has 1 fully saturated rings. The van der Waals surface area contributed by atoms with Crippen molar-refractivity contribution in [3.05, 3.63) is 54.5 Å². The Bertz CT molecular complexity index is 966. The molecule has 0 saturated carbocycles. The van der Waals surface area contributed by atoms with E-state index in [0.29, 0.717) is 18.6 Å². The fraction of sp³-hybridized carbons (Fsp3) is 0.455. The van der Waals surface area contributed by atoms with Crippen molar-refractivity contribution in [3.8, 4) is 0 Å². The minimum Gasteiger partial charge on any atom is -0.467 e. The zero-order chi connectivity index (χ0) is 22.4. The van der Waals surface area contributed by atoms with Crippen molar-refractivity contribution in [1.82, 2.24) is 14.9 Å². The summed E-state index contributed by atoms with van der Waals surface area (Å²) in [6.45, 7) is 4.53. The van der Waals surface area contributed by atoms with Gasteiger partial charge in [-0.05, 0) is 43.0 Å². The molecular formula is C22H29N3O5S. The van der Waals surface area contributed by atoms with Crippen molar-refractivity contribution < 1.29 is 22.4 Å². The van der Waals surface area contributed by atoms with E-state index in [-0.39, 0.29) is 48.2 Å². The predicted octanol–water partition coefficient (Wildman–Crippen LogP) is 2.14. The smallest absolute Gasteiger partial charge is 0.243 e. The SMILES string of the molecule is CC(C)[C@H](NC(=O)C1CCN(S(=O)(=O)c2ccccc2)CC1)C(=O)NCc1ccco1. The molecule has 2 N–H and O–H groups in total. The second-order valence-electron chi connectivity index (χ2n) is 8.02. The highest BCUT2D eigenvalue weighted by molar-refractivity contribution is 7.89. The van der Waals surface area contributed by atoms with Crippen molar-refractivity contribution in [2.75, 3.05) is 13.1 Å². The van der Waals surface area contributed by atoms with Gasteiger partial charge in [0, 0.05) is 19.0 Å². The summed E-state index contributed by atoms with van der Waals surface area (Å²) >= 11 is 0. The van der Waals surface area contributed by atoms with Gasteiger partial charge in [0.15, 0.2) is 0 Å². The van der Waals surface area contributed by atoms with Gasteiger partial charge in [-0.25, -0.2) is 8.42 Å². The highest BCUT2D eigenvalue weighted by Gasteiger charge is 2.34. The Morgan fingerprint density at radius 3 is 2.35 bits per heavy atom. The lowest BCUT2D eigenvalue weighted by Crippen LogP contribution is -2.52. The molecule has 1 aliphatic heterocycles. The maximum Gasteiger partial charge on any atom is 0.243 e. The van der Waals surface area contributed by atoms with E-state index in [1.54, 1.807) is 42.5 Å². The van der Waals surface area contributed by atoms with Gasteiger partial charge in [0.05, 0.1) is 17.7 Å². The van der Waals surface area contributed by atoms with E-state index in [1.165, 1.54) is 10.6 Å². The first kappa shape index (κ1) is 23.0. The number of sulfonamides is 1. The molecule has 1 aromatic heterocycles. The summed E-state index contributed by atoms with van der Waals surface area (Å²) in [5, 5.41) is 5.64. The molecule has 1 atom stereocenters. The summed E-state index contributed by atoms with van der Waals surface area (Å²) in [5.74, 6) is -0.290. The van der Waals surface area contributed by atoms with Crippen LogP contribution >= 0.6 is 0 Å². The summed E-state index contributed by atoms with van der Waals surface area (Å²) < 4.78 is 32.1. The summed E-state index contributed by atoms with van der Waals surface area (Å²) in [5.41, 5.74) is 0.